The van der Waals surface area contributed by atoms with E-state index in [0.29, 0.717) is 13.0 Å². The van der Waals surface area contributed by atoms with Crippen LogP contribution >= 0.6 is 0 Å². The number of aliphatic hydroxyl groups excluding tert-OH is 1. The summed E-state index contributed by atoms with van der Waals surface area (Å²) in [5, 5.41) is 17.6. The maximum absolute atomic E-state index is 11.5. The molecule has 0 saturated carbocycles. The molecule has 4 nitrogen and oxygen atoms in total. The molecule has 0 spiro atoms. The molecule has 0 heterocycles. The van der Waals surface area contributed by atoms with Crippen LogP contribution in [0.1, 0.15) is 46.0 Å². The number of nitriles is 1. The Morgan fingerprint density at radius 2 is 2.00 bits per heavy atom. The van der Waals surface area contributed by atoms with Crippen molar-refractivity contribution in [3.8, 4) is 6.07 Å². The van der Waals surface area contributed by atoms with Crippen LogP contribution in [0.15, 0.2) is 0 Å². The van der Waals surface area contributed by atoms with Crippen LogP contribution in [0.3, 0.4) is 0 Å². The van der Waals surface area contributed by atoms with E-state index in [1.54, 1.807) is 13.8 Å². The van der Waals surface area contributed by atoms with E-state index in [2.05, 4.69) is 0 Å². The zero-order valence-electron chi connectivity index (χ0n) is 10.2. The number of ether oxygens (including phenoxy) is 1. The van der Waals surface area contributed by atoms with Gasteiger partial charge in [-0.1, -0.05) is 19.3 Å². The minimum absolute atomic E-state index is 0.202. The van der Waals surface area contributed by atoms with Gasteiger partial charge in [0.05, 0.1) is 12.7 Å². The average molecular weight is 227 g/mol. The highest BCUT2D eigenvalue weighted by Gasteiger charge is 2.34. The van der Waals surface area contributed by atoms with Gasteiger partial charge in [0.25, 0.3) is 0 Å². The summed E-state index contributed by atoms with van der Waals surface area (Å²) < 4.78 is 4.87. The molecule has 1 N–H and O–H groups in total. The van der Waals surface area contributed by atoms with E-state index in [1.807, 2.05) is 6.07 Å². The Hall–Kier alpha value is -1.08. The molecule has 4 heteroatoms. The van der Waals surface area contributed by atoms with Gasteiger partial charge in [-0.3, -0.25) is 4.79 Å². The Kier molecular flexibility index (Phi) is 7.57. The van der Waals surface area contributed by atoms with Gasteiger partial charge >= 0.3 is 5.97 Å². The zero-order valence-corrected chi connectivity index (χ0v) is 10.2. The van der Waals surface area contributed by atoms with Crippen molar-refractivity contribution in [3.05, 3.63) is 0 Å². The van der Waals surface area contributed by atoms with Crippen LogP contribution in [0.4, 0.5) is 0 Å². The van der Waals surface area contributed by atoms with E-state index in [4.69, 9.17) is 15.1 Å². The molecule has 0 aromatic rings. The van der Waals surface area contributed by atoms with Crippen LogP contribution < -0.4 is 0 Å². The van der Waals surface area contributed by atoms with Crippen LogP contribution in [-0.2, 0) is 9.53 Å². The van der Waals surface area contributed by atoms with Crippen molar-refractivity contribution >= 4 is 5.97 Å². The Morgan fingerprint density at radius 3 is 2.50 bits per heavy atom. The van der Waals surface area contributed by atoms with Crippen molar-refractivity contribution in [3.63, 3.8) is 0 Å². The Bertz CT molecular complexity index is 247. The molecule has 0 aliphatic carbocycles. The number of carbonyl (C=O) groups is 1. The first kappa shape index (κ1) is 14.9. The molecule has 92 valence electrons. The molecule has 0 amide bonds. The predicted molar refractivity (Wildman–Crippen MR) is 60.5 cm³/mol. The molecule has 0 bridgehead atoms. The summed E-state index contributed by atoms with van der Waals surface area (Å²) in [4.78, 5) is 11.5. The maximum atomic E-state index is 11.5. The quantitative estimate of drug-likeness (QED) is 0.508. The van der Waals surface area contributed by atoms with Gasteiger partial charge in [0, 0.05) is 6.61 Å². The fourth-order valence-electron chi connectivity index (χ4n) is 1.44. The summed E-state index contributed by atoms with van der Waals surface area (Å²) in [7, 11) is 0. The molecular weight excluding hydrogens is 206 g/mol. The number of carbonyl (C=O) groups excluding carboxylic acids is 1. The van der Waals surface area contributed by atoms with Crippen LogP contribution in [0, 0.1) is 16.7 Å². The van der Waals surface area contributed by atoms with Gasteiger partial charge in [-0.15, -0.1) is 0 Å². The van der Waals surface area contributed by atoms with Gasteiger partial charge in [0.15, 0.2) is 5.41 Å². The van der Waals surface area contributed by atoms with Gasteiger partial charge < -0.3 is 9.84 Å². The number of nitrogens with zero attached hydrogens (tertiary/aromatic N) is 1. The SMILES string of the molecule is CCOC(=O)C(C)(C#N)CCCCCCO. The third-order valence-electron chi connectivity index (χ3n) is 2.56. The monoisotopic (exact) mass is 227 g/mol. The number of rotatable bonds is 8. The Labute approximate surface area is 97.2 Å². The lowest BCUT2D eigenvalue weighted by Gasteiger charge is -2.18. The standard InChI is InChI=1S/C12H21NO3/c1-3-16-11(15)12(2,10-13)8-6-4-5-7-9-14/h14H,3-9H2,1-2H3. The summed E-state index contributed by atoms with van der Waals surface area (Å²) >= 11 is 0. The van der Waals surface area contributed by atoms with Crippen molar-refractivity contribution in [1.82, 2.24) is 0 Å². The number of hydrogen-bond acceptors (Lipinski definition) is 4. The molecule has 16 heavy (non-hydrogen) atoms. The summed E-state index contributed by atoms with van der Waals surface area (Å²) in [6, 6.07) is 2.03. The normalized spacial score (nSPS) is 13.9. The second kappa shape index (κ2) is 8.12. The van der Waals surface area contributed by atoms with Crippen LogP contribution in [0.25, 0.3) is 0 Å². The largest absolute Gasteiger partial charge is 0.465 e. The van der Waals surface area contributed by atoms with E-state index in [-0.39, 0.29) is 6.61 Å². The first-order valence-electron chi connectivity index (χ1n) is 5.80. The van der Waals surface area contributed by atoms with Crippen molar-refractivity contribution < 1.29 is 14.6 Å². The fourth-order valence-corrected chi connectivity index (χ4v) is 1.44. The summed E-state index contributed by atoms with van der Waals surface area (Å²) in [6.45, 7) is 3.86. The number of unbranched alkanes of at least 4 members (excludes halogenated alkanes) is 3. The van der Waals surface area contributed by atoms with Gasteiger partial charge in [0.1, 0.15) is 0 Å². The second-order valence-corrected chi connectivity index (χ2v) is 4.05. The van der Waals surface area contributed by atoms with Crippen molar-refractivity contribution in [2.45, 2.75) is 46.0 Å². The van der Waals surface area contributed by atoms with Gasteiger partial charge in [-0.05, 0) is 26.7 Å². The fraction of sp³-hybridized carbons (Fsp3) is 0.833. The lowest BCUT2D eigenvalue weighted by atomic mass is 9.86. The molecule has 0 aliphatic rings. The predicted octanol–water partition coefficient (Wildman–Crippen LogP) is 2.02. The van der Waals surface area contributed by atoms with Gasteiger partial charge in [0.2, 0.25) is 0 Å². The molecule has 0 saturated heterocycles. The van der Waals surface area contributed by atoms with Crippen LogP contribution in [-0.4, -0.2) is 24.3 Å². The highest BCUT2D eigenvalue weighted by molar-refractivity contribution is 5.79. The van der Waals surface area contributed by atoms with Crippen LogP contribution in [0.2, 0.25) is 0 Å². The second-order valence-electron chi connectivity index (χ2n) is 4.05. The molecule has 1 unspecified atom stereocenters. The highest BCUT2D eigenvalue weighted by atomic mass is 16.5. The van der Waals surface area contributed by atoms with Crippen molar-refractivity contribution in [1.29, 1.82) is 5.26 Å². The molecule has 0 aromatic carbocycles. The smallest absolute Gasteiger partial charge is 0.326 e. The van der Waals surface area contributed by atoms with E-state index in [9.17, 15) is 4.79 Å². The lowest BCUT2D eigenvalue weighted by molar-refractivity contribution is -0.151. The van der Waals surface area contributed by atoms with Crippen molar-refractivity contribution in [2.24, 2.45) is 5.41 Å². The first-order valence-corrected chi connectivity index (χ1v) is 5.80. The van der Waals surface area contributed by atoms with E-state index in [1.165, 1.54) is 0 Å². The number of aliphatic hydroxyl groups is 1. The minimum Gasteiger partial charge on any atom is -0.465 e. The molecule has 0 aliphatic heterocycles. The van der Waals surface area contributed by atoms with Crippen LogP contribution in [0.5, 0.6) is 0 Å². The lowest BCUT2D eigenvalue weighted by Crippen LogP contribution is -2.28. The van der Waals surface area contributed by atoms with E-state index < -0.39 is 11.4 Å². The molecule has 0 rings (SSSR count). The molecule has 0 fully saturated rings. The number of hydrogen-bond donors (Lipinski definition) is 1. The van der Waals surface area contributed by atoms with Crippen molar-refractivity contribution in [2.75, 3.05) is 13.2 Å². The Morgan fingerprint density at radius 1 is 1.38 bits per heavy atom. The molecule has 0 radical (unpaired) electrons. The van der Waals surface area contributed by atoms with E-state index >= 15 is 0 Å². The molecule has 0 aromatic heterocycles. The maximum Gasteiger partial charge on any atom is 0.326 e. The Balaban J connectivity index is 3.98. The topological polar surface area (TPSA) is 70.3 Å². The molecule has 1 atom stereocenters. The number of esters is 1. The third kappa shape index (κ3) is 5.13. The first-order chi connectivity index (χ1) is 7.60. The van der Waals surface area contributed by atoms with Gasteiger partial charge in [-0.2, -0.15) is 5.26 Å². The summed E-state index contributed by atoms with van der Waals surface area (Å²) in [6.07, 6.45) is 3.97. The van der Waals surface area contributed by atoms with E-state index in [0.717, 1.165) is 25.7 Å². The average Bonchev–Trinajstić information content (AvgIpc) is 2.28. The molecular formula is C12H21NO3. The zero-order chi connectivity index (χ0) is 12.4. The van der Waals surface area contributed by atoms with Gasteiger partial charge in [-0.25, -0.2) is 0 Å². The third-order valence-corrected chi connectivity index (χ3v) is 2.56. The highest BCUT2D eigenvalue weighted by Crippen LogP contribution is 2.25. The summed E-state index contributed by atoms with van der Waals surface area (Å²) in [5.41, 5.74) is -1.02. The summed E-state index contributed by atoms with van der Waals surface area (Å²) in [5.74, 6) is -0.431. The minimum atomic E-state index is -1.02.